The van der Waals surface area contributed by atoms with Gasteiger partial charge in [0.25, 0.3) is 5.91 Å². The van der Waals surface area contributed by atoms with E-state index in [2.05, 4.69) is 8.92 Å². The van der Waals surface area contributed by atoms with Crippen molar-refractivity contribution in [3.8, 4) is 0 Å². The first-order valence-corrected chi connectivity index (χ1v) is 8.78. The Bertz CT molecular complexity index is 781. The van der Waals surface area contributed by atoms with Crippen LogP contribution < -0.4 is 0 Å². The van der Waals surface area contributed by atoms with Gasteiger partial charge in [0.2, 0.25) is 5.54 Å². The summed E-state index contributed by atoms with van der Waals surface area (Å²) in [6, 6.07) is 0. The number of rotatable bonds is 3. The Kier molecular flexibility index (Phi) is 4.60. The molecule has 2 rings (SSSR count). The van der Waals surface area contributed by atoms with Gasteiger partial charge in [-0.1, -0.05) is 20.8 Å². The van der Waals surface area contributed by atoms with Crippen LogP contribution in [0.4, 0.5) is 13.2 Å². The number of nitrogens with zero attached hydrogens (tertiary/aromatic N) is 1. The zero-order chi connectivity index (χ0) is 20.3. The molecule has 8 nitrogen and oxygen atoms in total. The lowest BCUT2D eigenvalue weighted by Gasteiger charge is -2.36. The Balaban J connectivity index is 2.65. The minimum atomic E-state index is -6.11. The van der Waals surface area contributed by atoms with Crippen molar-refractivity contribution in [1.82, 2.24) is 4.90 Å². The highest BCUT2D eigenvalue weighted by molar-refractivity contribution is 7.87. The molecule has 0 unspecified atom stereocenters. The van der Waals surface area contributed by atoms with Gasteiger partial charge >= 0.3 is 21.6 Å². The lowest BCUT2D eigenvalue weighted by atomic mass is 9.91. The summed E-state index contributed by atoms with van der Waals surface area (Å²) in [4.78, 5) is 26.0. The summed E-state index contributed by atoms with van der Waals surface area (Å²) in [5.74, 6) is -3.00. The van der Waals surface area contributed by atoms with Crippen molar-refractivity contribution < 1.29 is 44.8 Å². The number of hydrogen-bond donors (Lipinski definition) is 0. The molecule has 1 saturated heterocycles. The fourth-order valence-electron chi connectivity index (χ4n) is 2.93. The summed E-state index contributed by atoms with van der Waals surface area (Å²) in [7, 11) is -5.16. The highest BCUT2D eigenvalue weighted by atomic mass is 32.2. The third-order valence-electron chi connectivity index (χ3n) is 4.09. The number of fused-ring (bicyclic) bond motifs is 1. The lowest BCUT2D eigenvalue weighted by Crippen LogP contribution is -2.57. The van der Waals surface area contributed by atoms with Crippen LogP contribution in [-0.2, 0) is 33.4 Å². The van der Waals surface area contributed by atoms with Gasteiger partial charge in [-0.25, -0.2) is 4.79 Å². The zero-order valence-corrected chi connectivity index (χ0v) is 15.4. The number of carbonyl (C=O) groups excluding carboxylic acids is 2. The van der Waals surface area contributed by atoms with E-state index in [-0.39, 0.29) is 0 Å². The number of amides is 1. The average Bonchev–Trinajstić information content (AvgIpc) is 2.97. The maximum absolute atomic E-state index is 12.7. The van der Waals surface area contributed by atoms with Gasteiger partial charge in [0.1, 0.15) is 6.23 Å². The number of hydrogen-bond acceptors (Lipinski definition) is 7. The van der Waals surface area contributed by atoms with Crippen molar-refractivity contribution >= 4 is 22.0 Å². The standard InChI is InChI=1S/C14H18F3NO7S/c1-7-8(25-26(21,22)14(15,16)17)13(11(20)23-5)6-24-10(12(2,3)4)18(13)9(7)19/h10H,6H2,1-5H3/t10-,13-/m0/s1. The topological polar surface area (TPSA) is 99.2 Å². The van der Waals surface area contributed by atoms with Gasteiger partial charge in [-0.15, -0.1) is 0 Å². The van der Waals surface area contributed by atoms with Crippen LogP contribution in [0.25, 0.3) is 0 Å². The molecule has 0 aromatic heterocycles. The molecule has 0 aliphatic carbocycles. The highest BCUT2D eigenvalue weighted by Gasteiger charge is 2.68. The van der Waals surface area contributed by atoms with E-state index >= 15 is 0 Å². The molecule has 2 heterocycles. The first-order valence-electron chi connectivity index (χ1n) is 7.37. The molecule has 2 aliphatic rings. The molecular weight excluding hydrogens is 383 g/mol. The molecule has 0 saturated carbocycles. The van der Waals surface area contributed by atoms with Crippen LogP contribution in [0, 0.1) is 5.41 Å². The molecule has 2 aliphatic heterocycles. The molecule has 0 radical (unpaired) electrons. The quantitative estimate of drug-likeness (QED) is 0.399. The van der Waals surface area contributed by atoms with Crippen LogP contribution in [0.2, 0.25) is 0 Å². The molecular formula is C14H18F3NO7S. The Morgan fingerprint density at radius 2 is 1.85 bits per heavy atom. The Hall–Kier alpha value is -1.82. The first kappa shape index (κ1) is 20.5. The van der Waals surface area contributed by atoms with E-state index in [1.165, 1.54) is 0 Å². The summed E-state index contributed by atoms with van der Waals surface area (Å²) in [5.41, 5.74) is -9.16. The zero-order valence-electron chi connectivity index (χ0n) is 14.6. The number of methoxy groups -OCH3 is 1. The molecule has 0 N–H and O–H groups in total. The van der Waals surface area contributed by atoms with E-state index in [0.717, 1.165) is 18.9 Å². The monoisotopic (exact) mass is 401 g/mol. The maximum atomic E-state index is 12.7. The molecule has 1 amide bonds. The predicted octanol–water partition coefficient (Wildman–Crippen LogP) is 1.28. The van der Waals surface area contributed by atoms with Gasteiger partial charge in [0, 0.05) is 5.41 Å². The normalized spacial score (nSPS) is 27.0. The smallest absolute Gasteiger partial charge is 0.467 e. The summed E-state index contributed by atoms with van der Waals surface area (Å²) in [5, 5.41) is 0. The Morgan fingerprint density at radius 1 is 1.31 bits per heavy atom. The van der Waals surface area contributed by atoms with E-state index < -0.39 is 62.6 Å². The van der Waals surface area contributed by atoms with Gasteiger partial charge in [-0.3, -0.25) is 9.69 Å². The Labute approximate surface area is 148 Å². The van der Waals surface area contributed by atoms with Crippen LogP contribution in [-0.4, -0.2) is 56.2 Å². The van der Waals surface area contributed by atoms with E-state index in [4.69, 9.17) is 4.74 Å². The molecule has 12 heteroatoms. The van der Waals surface area contributed by atoms with E-state index in [9.17, 15) is 31.2 Å². The highest BCUT2D eigenvalue weighted by Crippen LogP contribution is 2.48. The molecule has 148 valence electrons. The molecule has 0 aromatic carbocycles. The predicted molar refractivity (Wildman–Crippen MR) is 79.5 cm³/mol. The molecule has 0 aromatic rings. The van der Waals surface area contributed by atoms with Crippen molar-refractivity contribution in [2.45, 2.75) is 45.0 Å². The summed E-state index contributed by atoms with van der Waals surface area (Å²) in [6.07, 6.45) is -1.02. The minimum Gasteiger partial charge on any atom is -0.467 e. The fourth-order valence-corrected chi connectivity index (χ4v) is 3.51. The van der Waals surface area contributed by atoms with E-state index in [1.54, 1.807) is 20.8 Å². The SMILES string of the molecule is COC(=O)[C@@]12CO[C@@H](C(C)(C)C)N1C(=O)C(C)=C2OS(=O)(=O)C(F)(F)F. The third kappa shape index (κ3) is 2.75. The van der Waals surface area contributed by atoms with E-state index in [0.29, 0.717) is 0 Å². The van der Waals surface area contributed by atoms with Gasteiger partial charge in [-0.2, -0.15) is 21.6 Å². The van der Waals surface area contributed by atoms with Crippen molar-refractivity contribution in [3.05, 3.63) is 11.3 Å². The second-order valence-corrected chi connectivity index (χ2v) is 8.53. The van der Waals surface area contributed by atoms with Gasteiger partial charge in [0.15, 0.2) is 5.76 Å². The van der Waals surface area contributed by atoms with Gasteiger partial charge < -0.3 is 13.7 Å². The number of halogens is 3. The van der Waals surface area contributed by atoms with Crippen LogP contribution in [0.3, 0.4) is 0 Å². The number of carbonyl (C=O) groups is 2. The summed E-state index contributed by atoms with van der Waals surface area (Å²) >= 11 is 0. The summed E-state index contributed by atoms with van der Waals surface area (Å²) in [6.45, 7) is 5.51. The second kappa shape index (κ2) is 5.84. The molecule has 26 heavy (non-hydrogen) atoms. The van der Waals surface area contributed by atoms with Gasteiger partial charge in [-0.05, 0) is 6.92 Å². The largest absolute Gasteiger partial charge is 0.534 e. The van der Waals surface area contributed by atoms with Crippen molar-refractivity contribution in [3.63, 3.8) is 0 Å². The van der Waals surface area contributed by atoms with Crippen LogP contribution in [0.5, 0.6) is 0 Å². The minimum absolute atomic E-state index is 0.444. The first-order chi connectivity index (χ1) is 11.6. The summed E-state index contributed by atoms with van der Waals surface area (Å²) < 4.78 is 75.5. The van der Waals surface area contributed by atoms with E-state index in [1.807, 2.05) is 0 Å². The van der Waals surface area contributed by atoms with Crippen molar-refractivity contribution in [2.24, 2.45) is 5.41 Å². The average molecular weight is 401 g/mol. The van der Waals surface area contributed by atoms with Crippen LogP contribution in [0.15, 0.2) is 11.3 Å². The Morgan fingerprint density at radius 3 is 2.27 bits per heavy atom. The van der Waals surface area contributed by atoms with Crippen molar-refractivity contribution in [1.29, 1.82) is 0 Å². The molecule has 0 bridgehead atoms. The van der Waals surface area contributed by atoms with Gasteiger partial charge in [0.05, 0.1) is 19.3 Å². The molecule has 0 spiro atoms. The van der Waals surface area contributed by atoms with Crippen LogP contribution >= 0.6 is 0 Å². The number of alkyl halides is 3. The molecule has 2 atom stereocenters. The maximum Gasteiger partial charge on any atom is 0.534 e. The fraction of sp³-hybridized carbons (Fsp3) is 0.714. The molecule has 1 fully saturated rings. The number of esters is 1. The van der Waals surface area contributed by atoms with Crippen molar-refractivity contribution in [2.75, 3.05) is 13.7 Å². The lowest BCUT2D eigenvalue weighted by molar-refractivity contribution is -0.158. The third-order valence-corrected chi connectivity index (χ3v) is 5.05. The number of ether oxygens (including phenoxy) is 2. The second-order valence-electron chi connectivity index (χ2n) is 6.99. The van der Waals surface area contributed by atoms with Crippen LogP contribution in [0.1, 0.15) is 27.7 Å².